The molecule has 0 bridgehead atoms. The third kappa shape index (κ3) is 1.80. The highest BCUT2D eigenvalue weighted by Crippen LogP contribution is 2.31. The quantitative estimate of drug-likeness (QED) is 0.695. The molecule has 1 nitrogen and oxygen atoms in total. The Kier molecular flexibility index (Phi) is 2.96. The van der Waals surface area contributed by atoms with E-state index in [-0.39, 0.29) is 5.41 Å². The van der Waals surface area contributed by atoms with Crippen molar-refractivity contribution >= 4 is 0 Å². The minimum Gasteiger partial charge on any atom is -0.197 e. The van der Waals surface area contributed by atoms with Gasteiger partial charge in [-0.25, -0.2) is 0 Å². The standard InChI is InChI=1S/C13H17N/c1-10(2)13(4,9-14)12-7-5-6-11(3)8-12/h5-8,10H,1-4H3. The molecule has 0 fully saturated rings. The first kappa shape index (κ1) is 10.8. The smallest absolute Gasteiger partial charge is 0.0817 e. The third-order valence-corrected chi connectivity index (χ3v) is 3.00. The van der Waals surface area contributed by atoms with E-state index in [1.165, 1.54) is 5.56 Å². The average Bonchev–Trinajstić information content (AvgIpc) is 2.16. The second kappa shape index (κ2) is 3.84. The van der Waals surface area contributed by atoms with Crippen LogP contribution in [0.2, 0.25) is 0 Å². The molecule has 74 valence electrons. The lowest BCUT2D eigenvalue weighted by Gasteiger charge is -2.26. The van der Waals surface area contributed by atoms with E-state index in [0.717, 1.165) is 5.56 Å². The van der Waals surface area contributed by atoms with Crippen molar-refractivity contribution in [1.29, 1.82) is 5.26 Å². The SMILES string of the molecule is Cc1cccc(C(C)(C#N)C(C)C)c1. The molecular weight excluding hydrogens is 170 g/mol. The second-order valence-corrected chi connectivity index (χ2v) is 4.34. The summed E-state index contributed by atoms with van der Waals surface area (Å²) < 4.78 is 0. The third-order valence-electron chi connectivity index (χ3n) is 3.00. The van der Waals surface area contributed by atoms with E-state index >= 15 is 0 Å². The molecule has 14 heavy (non-hydrogen) atoms. The maximum atomic E-state index is 9.25. The fourth-order valence-corrected chi connectivity index (χ4v) is 1.50. The normalized spacial score (nSPS) is 14.9. The van der Waals surface area contributed by atoms with Crippen molar-refractivity contribution in [1.82, 2.24) is 0 Å². The van der Waals surface area contributed by atoms with Gasteiger partial charge in [-0.1, -0.05) is 43.7 Å². The van der Waals surface area contributed by atoms with Crippen LogP contribution < -0.4 is 0 Å². The van der Waals surface area contributed by atoms with E-state index in [9.17, 15) is 5.26 Å². The minimum atomic E-state index is -0.369. The molecule has 0 N–H and O–H groups in total. The molecule has 0 aliphatic rings. The van der Waals surface area contributed by atoms with E-state index < -0.39 is 0 Å². The Bertz CT molecular complexity index is 360. The largest absolute Gasteiger partial charge is 0.197 e. The monoisotopic (exact) mass is 187 g/mol. The Labute approximate surface area is 86.4 Å². The van der Waals surface area contributed by atoms with Gasteiger partial charge in [0.1, 0.15) is 0 Å². The fourth-order valence-electron chi connectivity index (χ4n) is 1.50. The summed E-state index contributed by atoms with van der Waals surface area (Å²) in [6.45, 7) is 8.24. The number of rotatable bonds is 2. The fraction of sp³-hybridized carbons (Fsp3) is 0.462. The Morgan fingerprint density at radius 1 is 1.36 bits per heavy atom. The lowest BCUT2D eigenvalue weighted by atomic mass is 9.74. The highest BCUT2D eigenvalue weighted by Gasteiger charge is 2.30. The number of benzene rings is 1. The summed E-state index contributed by atoms with van der Waals surface area (Å²) in [5.74, 6) is 0.328. The zero-order valence-electron chi connectivity index (χ0n) is 9.33. The van der Waals surface area contributed by atoms with Crippen molar-refractivity contribution in [2.24, 2.45) is 5.92 Å². The molecule has 0 aliphatic carbocycles. The molecule has 1 aromatic rings. The molecule has 1 atom stereocenters. The molecule has 0 spiro atoms. The number of hydrogen-bond acceptors (Lipinski definition) is 1. The maximum Gasteiger partial charge on any atom is 0.0817 e. The van der Waals surface area contributed by atoms with E-state index in [4.69, 9.17) is 0 Å². The van der Waals surface area contributed by atoms with Crippen molar-refractivity contribution in [3.63, 3.8) is 0 Å². The summed E-state index contributed by atoms with van der Waals surface area (Å²) in [5, 5.41) is 9.25. The first-order valence-electron chi connectivity index (χ1n) is 4.99. The Balaban J connectivity index is 3.21. The van der Waals surface area contributed by atoms with Crippen LogP contribution in [0.25, 0.3) is 0 Å². The number of hydrogen-bond donors (Lipinski definition) is 0. The van der Waals surface area contributed by atoms with Gasteiger partial charge in [-0.2, -0.15) is 5.26 Å². The lowest BCUT2D eigenvalue weighted by molar-refractivity contribution is 0.431. The first-order chi connectivity index (χ1) is 6.50. The van der Waals surface area contributed by atoms with Crippen LogP contribution in [0.4, 0.5) is 0 Å². The minimum absolute atomic E-state index is 0.328. The van der Waals surface area contributed by atoms with Crippen molar-refractivity contribution in [2.75, 3.05) is 0 Å². The van der Waals surface area contributed by atoms with E-state index in [2.05, 4.69) is 39.0 Å². The molecule has 0 amide bonds. The van der Waals surface area contributed by atoms with E-state index in [1.54, 1.807) is 0 Å². The van der Waals surface area contributed by atoms with Gasteiger partial charge in [-0.05, 0) is 25.3 Å². The summed E-state index contributed by atoms with van der Waals surface area (Å²) in [4.78, 5) is 0. The van der Waals surface area contributed by atoms with Crippen LogP contribution in [0.3, 0.4) is 0 Å². The predicted octanol–water partition coefficient (Wildman–Crippen LogP) is 3.43. The van der Waals surface area contributed by atoms with Crippen molar-refractivity contribution in [3.05, 3.63) is 35.4 Å². The Hall–Kier alpha value is -1.29. The van der Waals surface area contributed by atoms with Crippen LogP contribution in [-0.4, -0.2) is 0 Å². The molecule has 0 heterocycles. The highest BCUT2D eigenvalue weighted by molar-refractivity contribution is 5.34. The van der Waals surface area contributed by atoms with Crippen LogP contribution in [0.1, 0.15) is 31.9 Å². The Morgan fingerprint density at radius 3 is 2.43 bits per heavy atom. The predicted molar refractivity (Wildman–Crippen MR) is 59.0 cm³/mol. The zero-order chi connectivity index (χ0) is 10.8. The molecule has 1 unspecified atom stereocenters. The van der Waals surface area contributed by atoms with Crippen LogP contribution in [0, 0.1) is 24.2 Å². The maximum absolute atomic E-state index is 9.25. The molecule has 1 heteroatoms. The molecule has 1 aromatic carbocycles. The summed E-state index contributed by atoms with van der Waals surface area (Å²) in [5.41, 5.74) is 1.96. The van der Waals surface area contributed by atoms with Crippen LogP contribution in [0.15, 0.2) is 24.3 Å². The van der Waals surface area contributed by atoms with Gasteiger partial charge in [0.15, 0.2) is 0 Å². The zero-order valence-corrected chi connectivity index (χ0v) is 9.33. The van der Waals surface area contributed by atoms with Gasteiger partial charge in [0, 0.05) is 0 Å². The van der Waals surface area contributed by atoms with Crippen molar-refractivity contribution in [3.8, 4) is 6.07 Å². The van der Waals surface area contributed by atoms with Crippen molar-refractivity contribution in [2.45, 2.75) is 33.1 Å². The van der Waals surface area contributed by atoms with Gasteiger partial charge < -0.3 is 0 Å². The summed E-state index contributed by atoms with van der Waals surface area (Å²) in [7, 11) is 0. The topological polar surface area (TPSA) is 23.8 Å². The van der Waals surface area contributed by atoms with Gasteiger partial charge in [0.25, 0.3) is 0 Å². The summed E-state index contributed by atoms with van der Waals surface area (Å²) >= 11 is 0. The lowest BCUT2D eigenvalue weighted by Crippen LogP contribution is -2.26. The van der Waals surface area contributed by atoms with Crippen LogP contribution >= 0.6 is 0 Å². The van der Waals surface area contributed by atoms with Crippen LogP contribution in [-0.2, 0) is 5.41 Å². The summed E-state index contributed by atoms with van der Waals surface area (Å²) in [6, 6.07) is 10.6. The van der Waals surface area contributed by atoms with E-state index in [0.29, 0.717) is 5.92 Å². The molecule has 0 aliphatic heterocycles. The van der Waals surface area contributed by atoms with Gasteiger partial charge >= 0.3 is 0 Å². The second-order valence-electron chi connectivity index (χ2n) is 4.34. The number of aryl methyl sites for hydroxylation is 1. The molecule has 0 saturated heterocycles. The number of nitrogens with zero attached hydrogens (tertiary/aromatic N) is 1. The summed E-state index contributed by atoms with van der Waals surface area (Å²) in [6.07, 6.45) is 0. The van der Waals surface area contributed by atoms with Crippen LogP contribution in [0.5, 0.6) is 0 Å². The van der Waals surface area contributed by atoms with Gasteiger partial charge in [-0.3, -0.25) is 0 Å². The van der Waals surface area contributed by atoms with Gasteiger partial charge in [-0.15, -0.1) is 0 Å². The van der Waals surface area contributed by atoms with Gasteiger partial charge in [0.2, 0.25) is 0 Å². The average molecular weight is 187 g/mol. The van der Waals surface area contributed by atoms with Gasteiger partial charge in [0.05, 0.1) is 11.5 Å². The first-order valence-corrected chi connectivity index (χ1v) is 4.99. The molecule has 0 saturated carbocycles. The number of nitriles is 1. The Morgan fingerprint density at radius 2 is 2.00 bits per heavy atom. The van der Waals surface area contributed by atoms with Crippen molar-refractivity contribution < 1.29 is 0 Å². The molecule has 1 rings (SSSR count). The van der Waals surface area contributed by atoms with E-state index in [1.807, 2.05) is 19.1 Å². The molecule has 0 aromatic heterocycles. The molecule has 0 radical (unpaired) electrons. The molecular formula is C13H17N. The highest BCUT2D eigenvalue weighted by atomic mass is 14.4.